The van der Waals surface area contributed by atoms with Gasteiger partial charge in [0.2, 0.25) is 0 Å². The van der Waals surface area contributed by atoms with Crippen LogP contribution in [0.2, 0.25) is 0 Å². The maximum Gasteiger partial charge on any atom is 0.313 e. The number of carbonyl (C=O) groups is 2. The van der Waals surface area contributed by atoms with Crippen molar-refractivity contribution in [1.82, 2.24) is 0 Å². The van der Waals surface area contributed by atoms with Crippen molar-refractivity contribution in [2.24, 2.45) is 0 Å². The molecule has 1 atom stereocenters. The van der Waals surface area contributed by atoms with Gasteiger partial charge in [0.15, 0.2) is 5.78 Å². The number of Topliss-reactive ketones (excluding diaryl/α,β-unsaturated/α-hetero) is 1. The molecule has 1 aliphatic rings. The van der Waals surface area contributed by atoms with Crippen molar-refractivity contribution in [3.05, 3.63) is 41.0 Å². The highest BCUT2D eigenvalue weighted by Crippen LogP contribution is 2.23. The summed E-state index contributed by atoms with van der Waals surface area (Å²) in [6, 6.07) is 7.71. The largest absolute Gasteiger partial charge is 0.466 e. The summed E-state index contributed by atoms with van der Waals surface area (Å²) in [7, 11) is 0. The fourth-order valence-electron chi connectivity index (χ4n) is 2.03. The van der Waals surface area contributed by atoms with E-state index in [1.807, 2.05) is 37.3 Å². The Labute approximate surface area is 123 Å². The van der Waals surface area contributed by atoms with Crippen LogP contribution in [0.5, 0.6) is 0 Å². The summed E-state index contributed by atoms with van der Waals surface area (Å²) in [4.78, 5) is 23.2. The Hall–Kier alpha value is -1.55. The van der Waals surface area contributed by atoms with E-state index in [-0.39, 0.29) is 17.7 Å². The standard InChI is InChI=1S/C16H18O3S/c1-3-19-16(18)11(2)13-6-4-12(5-7-13)8-14-9-20-10-15(14)17/h4-8,11H,3,9-10H2,1-2H3/b14-8+. The van der Waals surface area contributed by atoms with Gasteiger partial charge in [0.05, 0.1) is 18.3 Å². The van der Waals surface area contributed by atoms with Gasteiger partial charge in [-0.05, 0) is 31.1 Å². The minimum absolute atomic E-state index is 0.207. The molecule has 20 heavy (non-hydrogen) atoms. The monoisotopic (exact) mass is 290 g/mol. The van der Waals surface area contributed by atoms with Crippen LogP contribution < -0.4 is 0 Å². The number of esters is 1. The third kappa shape index (κ3) is 3.51. The van der Waals surface area contributed by atoms with Gasteiger partial charge < -0.3 is 4.74 Å². The topological polar surface area (TPSA) is 43.4 Å². The molecule has 0 spiro atoms. The van der Waals surface area contributed by atoms with Gasteiger partial charge in [-0.2, -0.15) is 0 Å². The summed E-state index contributed by atoms with van der Waals surface area (Å²) in [6.45, 7) is 4.03. The molecule has 0 amide bonds. The average molecular weight is 290 g/mol. The van der Waals surface area contributed by atoms with Gasteiger partial charge in [0, 0.05) is 11.3 Å². The molecule has 0 bridgehead atoms. The summed E-state index contributed by atoms with van der Waals surface area (Å²) >= 11 is 1.65. The lowest BCUT2D eigenvalue weighted by atomic mass is 9.99. The number of rotatable bonds is 4. The molecular weight excluding hydrogens is 272 g/mol. The number of ketones is 1. The van der Waals surface area contributed by atoms with Crippen LogP contribution in [0.4, 0.5) is 0 Å². The maximum atomic E-state index is 11.7. The number of thioether (sulfide) groups is 1. The second-order valence-corrected chi connectivity index (χ2v) is 5.71. The van der Waals surface area contributed by atoms with E-state index in [0.717, 1.165) is 22.5 Å². The highest BCUT2D eigenvalue weighted by Gasteiger charge is 2.18. The van der Waals surface area contributed by atoms with Gasteiger partial charge in [-0.25, -0.2) is 0 Å². The molecule has 1 saturated heterocycles. The van der Waals surface area contributed by atoms with Gasteiger partial charge in [0.25, 0.3) is 0 Å². The first-order valence-corrected chi connectivity index (χ1v) is 7.85. The van der Waals surface area contributed by atoms with Crippen LogP contribution in [-0.4, -0.2) is 29.9 Å². The van der Waals surface area contributed by atoms with Gasteiger partial charge in [-0.1, -0.05) is 24.3 Å². The molecule has 4 heteroatoms. The van der Waals surface area contributed by atoms with Crippen LogP contribution in [0.15, 0.2) is 29.8 Å². The molecule has 1 aromatic carbocycles. The number of hydrogen-bond acceptors (Lipinski definition) is 4. The zero-order valence-electron chi connectivity index (χ0n) is 11.7. The summed E-state index contributed by atoms with van der Waals surface area (Å²) in [5.74, 6) is 1.13. The first kappa shape index (κ1) is 14.9. The number of benzene rings is 1. The molecule has 1 heterocycles. The molecule has 0 aromatic heterocycles. The van der Waals surface area contributed by atoms with Crippen LogP contribution in [0.1, 0.15) is 30.9 Å². The zero-order valence-corrected chi connectivity index (χ0v) is 12.5. The summed E-state index contributed by atoms with van der Waals surface area (Å²) < 4.78 is 5.01. The molecule has 3 nitrogen and oxygen atoms in total. The molecule has 1 fully saturated rings. The molecule has 1 aliphatic heterocycles. The Morgan fingerprint density at radius 1 is 1.35 bits per heavy atom. The van der Waals surface area contributed by atoms with Crippen molar-refractivity contribution in [3.63, 3.8) is 0 Å². The van der Waals surface area contributed by atoms with E-state index in [4.69, 9.17) is 4.74 Å². The maximum absolute atomic E-state index is 11.7. The van der Waals surface area contributed by atoms with E-state index < -0.39 is 0 Å². The van der Waals surface area contributed by atoms with Crippen molar-refractivity contribution in [2.75, 3.05) is 18.1 Å². The lowest BCUT2D eigenvalue weighted by Crippen LogP contribution is -2.12. The van der Waals surface area contributed by atoms with Crippen LogP contribution in [-0.2, 0) is 14.3 Å². The van der Waals surface area contributed by atoms with Gasteiger partial charge in [0.1, 0.15) is 0 Å². The first-order chi connectivity index (χ1) is 9.61. The smallest absolute Gasteiger partial charge is 0.313 e. The fraction of sp³-hybridized carbons (Fsp3) is 0.375. The zero-order chi connectivity index (χ0) is 14.5. The Bertz CT molecular complexity index is 531. The van der Waals surface area contributed by atoms with E-state index in [1.165, 1.54) is 0 Å². The summed E-state index contributed by atoms with van der Waals surface area (Å²) in [5, 5.41) is 0. The van der Waals surface area contributed by atoms with E-state index in [9.17, 15) is 9.59 Å². The van der Waals surface area contributed by atoms with E-state index in [0.29, 0.717) is 12.4 Å². The fourth-order valence-corrected chi connectivity index (χ4v) is 2.97. The van der Waals surface area contributed by atoms with Gasteiger partial charge in [-0.3, -0.25) is 9.59 Å². The first-order valence-electron chi connectivity index (χ1n) is 6.70. The highest BCUT2D eigenvalue weighted by molar-refractivity contribution is 8.00. The molecule has 106 valence electrons. The van der Waals surface area contributed by atoms with E-state index in [1.54, 1.807) is 18.7 Å². The highest BCUT2D eigenvalue weighted by atomic mass is 32.2. The van der Waals surface area contributed by atoms with Crippen molar-refractivity contribution >= 4 is 29.6 Å². The van der Waals surface area contributed by atoms with E-state index in [2.05, 4.69) is 0 Å². The quantitative estimate of drug-likeness (QED) is 0.631. The molecule has 1 unspecified atom stereocenters. The van der Waals surface area contributed by atoms with Crippen molar-refractivity contribution < 1.29 is 14.3 Å². The third-order valence-electron chi connectivity index (χ3n) is 3.27. The van der Waals surface area contributed by atoms with Gasteiger partial charge in [-0.15, -0.1) is 11.8 Å². The Morgan fingerprint density at radius 3 is 2.60 bits per heavy atom. The molecule has 0 radical (unpaired) electrons. The predicted octanol–water partition coefficient (Wildman–Crippen LogP) is 3.05. The SMILES string of the molecule is CCOC(=O)C(C)c1ccc(/C=C2\CSCC2=O)cc1. The lowest BCUT2D eigenvalue weighted by molar-refractivity contribution is -0.144. The predicted molar refractivity (Wildman–Crippen MR) is 81.8 cm³/mol. The summed E-state index contributed by atoms with van der Waals surface area (Å²) in [5.41, 5.74) is 2.80. The second-order valence-electron chi connectivity index (χ2n) is 4.73. The molecule has 0 N–H and O–H groups in total. The average Bonchev–Trinajstić information content (AvgIpc) is 2.85. The number of ether oxygens (including phenoxy) is 1. The minimum Gasteiger partial charge on any atom is -0.466 e. The normalized spacial score (nSPS) is 18.3. The number of carbonyl (C=O) groups excluding carboxylic acids is 2. The Balaban J connectivity index is 2.10. The van der Waals surface area contributed by atoms with Crippen molar-refractivity contribution in [1.29, 1.82) is 0 Å². The molecule has 0 aliphatic carbocycles. The molecule has 0 saturated carbocycles. The van der Waals surface area contributed by atoms with Crippen LogP contribution in [0, 0.1) is 0 Å². The summed E-state index contributed by atoms with van der Waals surface area (Å²) in [6.07, 6.45) is 1.93. The molecule has 1 aromatic rings. The molecular formula is C16H18O3S. The molecule has 2 rings (SSSR count). The van der Waals surface area contributed by atoms with Crippen LogP contribution in [0.25, 0.3) is 6.08 Å². The Morgan fingerprint density at radius 2 is 2.05 bits per heavy atom. The lowest BCUT2D eigenvalue weighted by Gasteiger charge is -2.10. The van der Waals surface area contributed by atoms with Crippen LogP contribution in [0.3, 0.4) is 0 Å². The van der Waals surface area contributed by atoms with Crippen molar-refractivity contribution in [2.45, 2.75) is 19.8 Å². The van der Waals surface area contributed by atoms with Gasteiger partial charge >= 0.3 is 5.97 Å². The van der Waals surface area contributed by atoms with E-state index >= 15 is 0 Å². The second kappa shape index (κ2) is 6.75. The Kier molecular flexibility index (Phi) is 5.01. The third-order valence-corrected chi connectivity index (χ3v) is 4.25. The van der Waals surface area contributed by atoms with Crippen molar-refractivity contribution in [3.8, 4) is 0 Å². The number of hydrogen-bond donors (Lipinski definition) is 0. The van der Waals surface area contributed by atoms with Crippen LogP contribution >= 0.6 is 11.8 Å². The minimum atomic E-state index is -0.264.